The topological polar surface area (TPSA) is 88.4 Å². The average molecular weight is 537 g/mol. The predicted octanol–water partition coefficient (Wildman–Crippen LogP) is 3.99. The van der Waals surface area contributed by atoms with Crippen molar-refractivity contribution in [1.29, 1.82) is 0 Å². The van der Waals surface area contributed by atoms with Crippen LogP contribution in [0.4, 0.5) is 0 Å². The highest BCUT2D eigenvalue weighted by molar-refractivity contribution is 7.07. The van der Waals surface area contributed by atoms with Crippen LogP contribution >= 0.6 is 11.3 Å². The summed E-state index contributed by atoms with van der Waals surface area (Å²) in [6.45, 7) is 10.0. The highest BCUT2D eigenvalue weighted by Crippen LogP contribution is 2.36. The fourth-order valence-corrected chi connectivity index (χ4v) is 5.37. The maximum Gasteiger partial charge on any atom is 0.338 e. The molecular weight excluding hydrogens is 504 g/mol. The molecule has 4 rings (SSSR count). The van der Waals surface area contributed by atoms with Crippen molar-refractivity contribution in [3.63, 3.8) is 0 Å². The van der Waals surface area contributed by atoms with Gasteiger partial charge in [-0.25, -0.2) is 9.79 Å². The molecule has 2 aromatic carbocycles. The average Bonchev–Trinajstić information content (AvgIpc) is 3.17. The van der Waals surface area contributed by atoms with E-state index >= 15 is 0 Å². The third-order valence-corrected chi connectivity index (χ3v) is 6.83. The molecule has 8 nitrogen and oxygen atoms in total. The Kier molecular flexibility index (Phi) is 8.36. The Balaban J connectivity index is 1.92. The van der Waals surface area contributed by atoms with Crippen molar-refractivity contribution >= 4 is 23.4 Å². The van der Waals surface area contributed by atoms with Gasteiger partial charge >= 0.3 is 5.97 Å². The second-order valence-electron chi connectivity index (χ2n) is 8.88. The summed E-state index contributed by atoms with van der Waals surface area (Å²) in [5.41, 5.74) is 2.07. The number of hydrogen-bond donors (Lipinski definition) is 0. The van der Waals surface area contributed by atoms with Gasteiger partial charge in [0.15, 0.2) is 16.3 Å². The van der Waals surface area contributed by atoms with Gasteiger partial charge in [-0.05, 0) is 76.1 Å². The van der Waals surface area contributed by atoms with E-state index in [4.69, 9.17) is 18.9 Å². The van der Waals surface area contributed by atoms with Crippen molar-refractivity contribution in [3.05, 3.63) is 84.5 Å². The lowest BCUT2D eigenvalue weighted by molar-refractivity contribution is -0.139. The molecule has 1 aromatic heterocycles. The zero-order chi connectivity index (χ0) is 27.4. The number of methoxy groups -OCH3 is 1. The van der Waals surface area contributed by atoms with Gasteiger partial charge in [0, 0.05) is 0 Å². The summed E-state index contributed by atoms with van der Waals surface area (Å²) in [6, 6.07) is 12.2. The van der Waals surface area contributed by atoms with Crippen LogP contribution in [0.2, 0.25) is 0 Å². The molecule has 0 amide bonds. The molecule has 0 spiro atoms. The summed E-state index contributed by atoms with van der Waals surface area (Å²) in [7, 11) is 1.56. The number of carbonyl (C=O) groups excluding carboxylic acids is 1. The highest BCUT2D eigenvalue weighted by Gasteiger charge is 2.34. The maximum absolute atomic E-state index is 13.8. The second-order valence-corrected chi connectivity index (χ2v) is 9.89. The lowest BCUT2D eigenvalue weighted by Crippen LogP contribution is -2.40. The van der Waals surface area contributed by atoms with Crippen molar-refractivity contribution in [2.24, 2.45) is 4.99 Å². The van der Waals surface area contributed by atoms with Gasteiger partial charge in [0.05, 0.1) is 48.3 Å². The van der Waals surface area contributed by atoms with Crippen LogP contribution in [0.5, 0.6) is 17.2 Å². The summed E-state index contributed by atoms with van der Waals surface area (Å²) in [4.78, 5) is 32.1. The third-order valence-electron chi connectivity index (χ3n) is 5.85. The standard InChI is InChI=1S/C29H32N2O6S/c1-7-35-21-11-9-10-19(14-21)15-24-27(32)31-26(20-12-13-22(37-17(3)4)23(16-20)34-6)25(28(33)36-8-2)18(5)30-29(31)38-24/h9-17,26H,7-8H2,1-6H3/b24-15+/t26-/m0/s1. The van der Waals surface area contributed by atoms with Gasteiger partial charge in [-0.2, -0.15) is 0 Å². The Morgan fingerprint density at radius 3 is 2.61 bits per heavy atom. The first-order valence-electron chi connectivity index (χ1n) is 12.5. The van der Waals surface area contributed by atoms with Crippen molar-refractivity contribution in [1.82, 2.24) is 4.57 Å². The molecule has 0 saturated carbocycles. The van der Waals surface area contributed by atoms with Crippen molar-refractivity contribution in [3.8, 4) is 17.2 Å². The Bertz CT molecular complexity index is 1550. The van der Waals surface area contributed by atoms with Crippen LogP contribution in [0.15, 0.2) is 63.5 Å². The van der Waals surface area contributed by atoms with Gasteiger partial charge in [0.2, 0.25) is 0 Å². The number of ether oxygens (including phenoxy) is 4. The molecule has 0 saturated heterocycles. The van der Waals surface area contributed by atoms with Gasteiger partial charge in [-0.1, -0.05) is 29.5 Å². The van der Waals surface area contributed by atoms with E-state index in [1.54, 1.807) is 37.7 Å². The van der Waals surface area contributed by atoms with Crippen molar-refractivity contribution < 1.29 is 23.7 Å². The summed E-state index contributed by atoms with van der Waals surface area (Å²) in [5.74, 6) is 1.29. The minimum atomic E-state index is -0.746. The van der Waals surface area contributed by atoms with E-state index in [0.29, 0.717) is 44.3 Å². The fourth-order valence-electron chi connectivity index (χ4n) is 4.32. The van der Waals surface area contributed by atoms with E-state index in [9.17, 15) is 9.59 Å². The monoisotopic (exact) mass is 536 g/mol. The first kappa shape index (κ1) is 27.2. The quantitative estimate of drug-likeness (QED) is 0.384. The molecule has 2 heterocycles. The van der Waals surface area contributed by atoms with Gasteiger partial charge in [-0.15, -0.1) is 0 Å². The predicted molar refractivity (Wildman–Crippen MR) is 147 cm³/mol. The van der Waals surface area contributed by atoms with E-state index in [2.05, 4.69) is 4.99 Å². The van der Waals surface area contributed by atoms with Crippen LogP contribution < -0.4 is 29.1 Å². The number of thiazole rings is 1. The number of benzene rings is 2. The van der Waals surface area contributed by atoms with E-state index in [-0.39, 0.29) is 18.3 Å². The molecule has 1 aliphatic rings. The van der Waals surface area contributed by atoms with Crippen LogP contribution in [0, 0.1) is 0 Å². The second kappa shape index (κ2) is 11.7. The third kappa shape index (κ3) is 5.52. The van der Waals surface area contributed by atoms with Crippen molar-refractivity contribution in [2.45, 2.75) is 46.8 Å². The van der Waals surface area contributed by atoms with E-state index in [0.717, 1.165) is 11.3 Å². The van der Waals surface area contributed by atoms with Crippen molar-refractivity contribution in [2.75, 3.05) is 20.3 Å². The Labute approximate surface area is 225 Å². The molecule has 1 aliphatic heterocycles. The highest BCUT2D eigenvalue weighted by atomic mass is 32.1. The molecule has 38 heavy (non-hydrogen) atoms. The van der Waals surface area contributed by atoms with E-state index in [1.807, 2.05) is 57.2 Å². The lowest BCUT2D eigenvalue weighted by atomic mass is 9.95. The summed E-state index contributed by atoms with van der Waals surface area (Å²) < 4.78 is 24.5. The first-order valence-corrected chi connectivity index (χ1v) is 13.4. The lowest BCUT2D eigenvalue weighted by Gasteiger charge is -2.25. The number of hydrogen-bond acceptors (Lipinski definition) is 8. The number of aromatic nitrogens is 1. The molecule has 1 atom stereocenters. The number of nitrogens with zero attached hydrogens (tertiary/aromatic N) is 2. The molecule has 3 aromatic rings. The normalized spacial score (nSPS) is 15.2. The zero-order valence-electron chi connectivity index (χ0n) is 22.4. The number of rotatable bonds is 9. The molecule has 0 bridgehead atoms. The van der Waals surface area contributed by atoms with Gasteiger partial charge in [0.25, 0.3) is 5.56 Å². The van der Waals surface area contributed by atoms with E-state index < -0.39 is 12.0 Å². The molecule has 0 radical (unpaired) electrons. The molecule has 9 heteroatoms. The zero-order valence-corrected chi connectivity index (χ0v) is 23.3. The minimum Gasteiger partial charge on any atom is -0.494 e. The fraction of sp³-hybridized carbons (Fsp3) is 0.345. The molecule has 200 valence electrons. The SMILES string of the molecule is CCOC(=O)C1=C(C)N=c2s/c(=C/c3cccc(OCC)c3)c(=O)n2[C@H]1c1ccc(OC(C)C)c(OC)c1. The van der Waals surface area contributed by atoms with Crippen LogP contribution in [0.25, 0.3) is 6.08 Å². The molecule has 0 aliphatic carbocycles. The maximum atomic E-state index is 13.8. The first-order chi connectivity index (χ1) is 18.3. The summed E-state index contributed by atoms with van der Waals surface area (Å²) in [5, 5.41) is 0. The number of fused-ring (bicyclic) bond motifs is 1. The molecule has 0 unspecified atom stereocenters. The van der Waals surface area contributed by atoms with Gasteiger partial charge in [0.1, 0.15) is 5.75 Å². The number of esters is 1. The van der Waals surface area contributed by atoms with Gasteiger partial charge < -0.3 is 18.9 Å². The van der Waals surface area contributed by atoms with Crippen LogP contribution in [-0.2, 0) is 9.53 Å². The Hall–Kier alpha value is -3.85. The number of allylic oxidation sites excluding steroid dienone is 1. The minimum absolute atomic E-state index is 0.0501. The Morgan fingerprint density at radius 2 is 1.92 bits per heavy atom. The largest absolute Gasteiger partial charge is 0.494 e. The summed E-state index contributed by atoms with van der Waals surface area (Å²) in [6.07, 6.45) is 1.76. The van der Waals surface area contributed by atoms with Crippen LogP contribution in [0.3, 0.4) is 0 Å². The van der Waals surface area contributed by atoms with Crippen LogP contribution in [-0.4, -0.2) is 37.0 Å². The van der Waals surface area contributed by atoms with Gasteiger partial charge in [-0.3, -0.25) is 9.36 Å². The molecular formula is C29H32N2O6S. The Morgan fingerprint density at radius 1 is 1.13 bits per heavy atom. The van der Waals surface area contributed by atoms with E-state index in [1.165, 1.54) is 11.3 Å². The summed E-state index contributed by atoms with van der Waals surface area (Å²) >= 11 is 1.27. The molecule has 0 fully saturated rings. The smallest absolute Gasteiger partial charge is 0.338 e. The number of carbonyl (C=O) groups is 1. The molecule has 0 N–H and O–H groups in total. The van der Waals surface area contributed by atoms with Crippen LogP contribution in [0.1, 0.15) is 51.8 Å².